The molecule has 1 saturated carbocycles. The molecular weight excluding hydrogens is 462 g/mol. The average molecular weight is 498 g/mol. The Labute approximate surface area is 204 Å². The van der Waals surface area contributed by atoms with Crippen molar-refractivity contribution >= 4 is 17.5 Å². The first-order chi connectivity index (χ1) is 16.4. The molecule has 3 atom stereocenters. The first-order valence-electron chi connectivity index (χ1n) is 11.9. The van der Waals surface area contributed by atoms with Crippen LogP contribution in [0.25, 0.3) is 0 Å². The lowest BCUT2D eigenvalue weighted by Crippen LogP contribution is -2.63. The third kappa shape index (κ3) is 5.68. The molecule has 4 aliphatic rings. The molecular formula is C19H36ClN13O. The molecule has 10 N–H and O–H groups in total. The summed E-state index contributed by atoms with van der Waals surface area (Å²) in [4.78, 5) is 15.7. The Morgan fingerprint density at radius 2 is 1.88 bits per heavy atom. The van der Waals surface area contributed by atoms with Gasteiger partial charge in [-0.1, -0.05) is 41.3 Å². The number of nitrogens with two attached hydrogens (primary N) is 3. The maximum atomic E-state index is 13.1. The minimum atomic E-state index is -0.902. The van der Waals surface area contributed by atoms with Crippen LogP contribution in [0.2, 0.25) is 0 Å². The van der Waals surface area contributed by atoms with Crippen molar-refractivity contribution in [1.82, 2.24) is 31.2 Å². The van der Waals surface area contributed by atoms with Crippen molar-refractivity contribution in [2.45, 2.75) is 69.0 Å². The maximum absolute atomic E-state index is 13.1. The van der Waals surface area contributed by atoms with Gasteiger partial charge < -0.3 is 32.5 Å². The SMILES string of the molecule is NN=NC1=C(Cl)NC(C(=O)NC2NC3(CCN(CC4CCCCC4)CC3)CN2N)C(N=NN)N1. The van der Waals surface area contributed by atoms with Gasteiger partial charge in [-0.3, -0.25) is 16.0 Å². The highest BCUT2D eigenvalue weighted by Gasteiger charge is 2.46. The fourth-order valence-corrected chi connectivity index (χ4v) is 5.69. The molecule has 3 unspecified atom stereocenters. The number of piperidine rings is 1. The lowest BCUT2D eigenvalue weighted by atomic mass is 9.85. The fourth-order valence-electron chi connectivity index (χ4n) is 5.48. The van der Waals surface area contributed by atoms with Gasteiger partial charge in [-0.15, -0.1) is 10.2 Å². The number of halogens is 1. The predicted molar refractivity (Wildman–Crippen MR) is 126 cm³/mol. The number of rotatable bonds is 6. The average Bonchev–Trinajstić information content (AvgIpc) is 3.12. The van der Waals surface area contributed by atoms with Gasteiger partial charge in [0.25, 0.3) is 0 Å². The molecule has 14 nitrogen and oxygen atoms in total. The van der Waals surface area contributed by atoms with Crippen LogP contribution in [0, 0.1) is 5.92 Å². The van der Waals surface area contributed by atoms with E-state index in [0.29, 0.717) is 6.54 Å². The highest BCUT2D eigenvalue weighted by atomic mass is 35.5. The normalized spacial score (nSPS) is 31.3. The second-order valence-electron chi connectivity index (χ2n) is 9.63. The van der Waals surface area contributed by atoms with Gasteiger partial charge in [0.05, 0.1) is 0 Å². The molecule has 2 saturated heterocycles. The maximum Gasteiger partial charge on any atom is 0.249 e. The number of hydrogen-bond acceptors (Lipinski definition) is 11. The van der Waals surface area contributed by atoms with E-state index < -0.39 is 18.5 Å². The van der Waals surface area contributed by atoms with E-state index in [1.165, 1.54) is 38.6 Å². The minimum absolute atomic E-state index is 0.0728. The molecule has 0 bridgehead atoms. The molecule has 0 radical (unpaired) electrons. The Bertz CT molecular complexity index is 806. The minimum Gasteiger partial charge on any atom is -0.358 e. The highest BCUT2D eigenvalue weighted by Crippen LogP contribution is 2.30. The zero-order valence-electron chi connectivity index (χ0n) is 19.3. The zero-order valence-corrected chi connectivity index (χ0v) is 20.0. The van der Waals surface area contributed by atoms with Gasteiger partial charge in [0.2, 0.25) is 5.91 Å². The summed E-state index contributed by atoms with van der Waals surface area (Å²) < 4.78 is 0. The molecule has 1 amide bonds. The summed E-state index contributed by atoms with van der Waals surface area (Å²) in [6, 6.07) is -0.902. The predicted octanol–water partition coefficient (Wildman–Crippen LogP) is -0.515. The number of amides is 1. The first-order valence-corrected chi connectivity index (χ1v) is 12.3. The van der Waals surface area contributed by atoms with E-state index in [1.807, 2.05) is 0 Å². The molecule has 0 aromatic rings. The summed E-state index contributed by atoms with van der Waals surface area (Å²) in [6.07, 6.45) is 7.40. The summed E-state index contributed by atoms with van der Waals surface area (Å²) in [7, 11) is 0. The van der Waals surface area contributed by atoms with Crippen LogP contribution < -0.4 is 38.8 Å². The molecule has 0 aromatic carbocycles. The van der Waals surface area contributed by atoms with Crippen molar-refractivity contribution in [3.63, 3.8) is 0 Å². The monoisotopic (exact) mass is 497 g/mol. The molecule has 15 heteroatoms. The molecule has 1 aliphatic carbocycles. The molecule has 0 aromatic heterocycles. The highest BCUT2D eigenvalue weighted by molar-refractivity contribution is 6.29. The second kappa shape index (κ2) is 11.0. The molecule has 1 spiro atoms. The zero-order chi connectivity index (χ0) is 24.1. The van der Waals surface area contributed by atoms with Gasteiger partial charge >= 0.3 is 0 Å². The van der Waals surface area contributed by atoms with E-state index >= 15 is 0 Å². The van der Waals surface area contributed by atoms with Crippen LogP contribution in [0.5, 0.6) is 0 Å². The number of nitrogens with zero attached hydrogens (tertiary/aromatic N) is 6. The van der Waals surface area contributed by atoms with Crippen molar-refractivity contribution in [3.8, 4) is 0 Å². The quantitative estimate of drug-likeness (QED) is 0.109. The van der Waals surface area contributed by atoms with E-state index in [1.54, 1.807) is 5.01 Å². The summed E-state index contributed by atoms with van der Waals surface area (Å²) >= 11 is 6.17. The third-order valence-electron chi connectivity index (χ3n) is 7.31. The van der Waals surface area contributed by atoms with Gasteiger partial charge in [-0.2, -0.15) is 0 Å². The number of hydrazine groups is 1. The number of hydrogen-bond donors (Lipinski definition) is 7. The van der Waals surface area contributed by atoms with E-state index in [0.717, 1.165) is 31.8 Å². The van der Waals surface area contributed by atoms with E-state index in [4.69, 9.17) is 29.1 Å². The van der Waals surface area contributed by atoms with Gasteiger partial charge in [-0.05, 0) is 44.7 Å². The number of carbonyl (C=O) groups excluding carboxylic acids is 1. The topological polar surface area (TPSA) is 199 Å². The Kier molecular flexibility index (Phi) is 8.03. The Balaban J connectivity index is 1.32. The van der Waals surface area contributed by atoms with Crippen LogP contribution >= 0.6 is 11.6 Å². The third-order valence-corrected chi connectivity index (χ3v) is 7.60. The molecule has 3 heterocycles. The number of nitrogens with one attached hydrogen (secondary N) is 4. The van der Waals surface area contributed by atoms with Gasteiger partial charge in [0.1, 0.15) is 17.5 Å². The molecule has 3 fully saturated rings. The van der Waals surface area contributed by atoms with Crippen molar-refractivity contribution in [3.05, 3.63) is 11.0 Å². The van der Waals surface area contributed by atoms with Crippen LogP contribution in [0.1, 0.15) is 44.9 Å². The Morgan fingerprint density at radius 3 is 2.56 bits per heavy atom. The summed E-state index contributed by atoms with van der Waals surface area (Å²) in [6.45, 7) is 3.91. The van der Waals surface area contributed by atoms with Crippen LogP contribution in [0.3, 0.4) is 0 Å². The number of carbonyl (C=O) groups is 1. The van der Waals surface area contributed by atoms with Gasteiger partial charge in [0, 0.05) is 18.6 Å². The lowest BCUT2D eigenvalue weighted by Gasteiger charge is -2.41. The molecule has 34 heavy (non-hydrogen) atoms. The van der Waals surface area contributed by atoms with Gasteiger partial charge in [-0.25, -0.2) is 5.01 Å². The molecule has 3 aliphatic heterocycles. The summed E-state index contributed by atoms with van der Waals surface area (Å²) in [5.41, 5.74) is -0.128. The van der Waals surface area contributed by atoms with Crippen LogP contribution in [-0.2, 0) is 4.79 Å². The number of likely N-dealkylation sites (tertiary alicyclic amines) is 1. The van der Waals surface area contributed by atoms with Gasteiger partial charge in [0.15, 0.2) is 12.0 Å². The molecule has 4 rings (SSSR count). The summed E-state index contributed by atoms with van der Waals surface area (Å²) in [5, 5.41) is 27.9. The van der Waals surface area contributed by atoms with E-state index in [-0.39, 0.29) is 22.4 Å². The smallest absolute Gasteiger partial charge is 0.249 e. The lowest BCUT2D eigenvalue weighted by molar-refractivity contribution is -0.125. The Morgan fingerprint density at radius 1 is 1.15 bits per heavy atom. The van der Waals surface area contributed by atoms with Crippen molar-refractivity contribution in [2.24, 2.45) is 44.1 Å². The second-order valence-corrected chi connectivity index (χ2v) is 10.0. The van der Waals surface area contributed by atoms with Crippen LogP contribution in [-0.4, -0.2) is 66.0 Å². The van der Waals surface area contributed by atoms with Crippen LogP contribution in [0.15, 0.2) is 31.7 Å². The van der Waals surface area contributed by atoms with E-state index in [2.05, 4.69) is 46.8 Å². The van der Waals surface area contributed by atoms with E-state index in [9.17, 15) is 4.79 Å². The van der Waals surface area contributed by atoms with Crippen molar-refractivity contribution in [1.29, 1.82) is 0 Å². The first kappa shape index (κ1) is 24.9. The van der Waals surface area contributed by atoms with Crippen molar-refractivity contribution in [2.75, 3.05) is 26.2 Å². The molecule has 190 valence electrons. The van der Waals surface area contributed by atoms with Crippen molar-refractivity contribution < 1.29 is 4.79 Å². The standard InChI is InChI=1S/C19H36ClN13O/c20-14-16(29-31-22)25-15(28-30-21)13(24-14)17(34)26-18-27-19(11-33(18)23)6-8-32(9-7-19)10-12-4-2-1-3-5-12/h12-13,15,18,24-25,27H,1-11,23H2,(H2,21,28)(H2,22,29)(H,26,34). The van der Waals surface area contributed by atoms with Crippen LogP contribution in [0.4, 0.5) is 0 Å². The Hall–Kier alpha value is -2.26. The fraction of sp³-hybridized carbons (Fsp3) is 0.842. The summed E-state index contributed by atoms with van der Waals surface area (Å²) in [5.74, 6) is 17.2. The largest absolute Gasteiger partial charge is 0.358 e.